The summed E-state index contributed by atoms with van der Waals surface area (Å²) in [6.45, 7) is 3.18. The molecule has 4 aromatic carbocycles. The minimum atomic E-state index is -3.57. The summed E-state index contributed by atoms with van der Waals surface area (Å²) in [5.41, 5.74) is 5.02. The lowest BCUT2D eigenvalue weighted by Gasteiger charge is -2.20. The maximum atomic E-state index is 12.5. The number of sulfonamides is 1. The highest BCUT2D eigenvalue weighted by molar-refractivity contribution is 7.92. The second-order valence-electron chi connectivity index (χ2n) is 11.0. The number of aliphatic hydroxyl groups is 1. The molecule has 0 radical (unpaired) electrons. The van der Waals surface area contributed by atoms with Crippen LogP contribution in [0.5, 0.6) is 5.75 Å². The first-order chi connectivity index (χ1) is 21.1. The summed E-state index contributed by atoms with van der Waals surface area (Å²) in [6.07, 6.45) is 2.03. The Morgan fingerprint density at radius 3 is 2.20 bits per heavy atom. The van der Waals surface area contributed by atoms with Gasteiger partial charge in [-0.15, -0.1) is 0 Å². The van der Waals surface area contributed by atoms with Crippen LogP contribution in [0, 0.1) is 0 Å². The second kappa shape index (κ2) is 16.0. The number of carbonyl (C=O) groups excluding carboxylic acids is 1. The summed E-state index contributed by atoms with van der Waals surface area (Å²) in [7, 11) is -3.57. The highest BCUT2D eigenvalue weighted by atomic mass is 32.2. The predicted octanol–water partition coefficient (Wildman–Crippen LogP) is 4.79. The molecule has 44 heavy (non-hydrogen) atoms. The van der Waals surface area contributed by atoms with Gasteiger partial charge in [0.15, 0.2) is 0 Å². The van der Waals surface area contributed by atoms with Crippen molar-refractivity contribution >= 4 is 21.6 Å². The maximum Gasteiger partial charge on any atom is 0.229 e. The van der Waals surface area contributed by atoms with Crippen molar-refractivity contribution in [1.29, 1.82) is 0 Å². The van der Waals surface area contributed by atoms with Gasteiger partial charge in [0.2, 0.25) is 15.9 Å². The lowest BCUT2D eigenvalue weighted by molar-refractivity contribution is -0.120. The average molecular weight is 616 g/mol. The second-order valence-corrected chi connectivity index (χ2v) is 12.8. The molecule has 0 heterocycles. The summed E-state index contributed by atoms with van der Waals surface area (Å²) < 4.78 is 32.4. The third-order valence-electron chi connectivity index (χ3n) is 7.06. The van der Waals surface area contributed by atoms with Gasteiger partial charge in [0, 0.05) is 19.1 Å². The van der Waals surface area contributed by atoms with E-state index in [-0.39, 0.29) is 30.8 Å². The van der Waals surface area contributed by atoms with Gasteiger partial charge in [-0.2, -0.15) is 0 Å². The third-order valence-corrected chi connectivity index (χ3v) is 7.65. The van der Waals surface area contributed by atoms with Gasteiger partial charge in [0.1, 0.15) is 12.4 Å². The Hall–Kier alpha value is -4.18. The fraction of sp³-hybridized carbons (Fsp3) is 0.286. The first kappa shape index (κ1) is 32.7. The number of ether oxygens (including phenoxy) is 1. The molecular formula is C35H41N3O5S. The van der Waals surface area contributed by atoms with Crippen molar-refractivity contribution < 1.29 is 23.1 Å². The minimum absolute atomic E-state index is 0.00593. The highest BCUT2D eigenvalue weighted by Crippen LogP contribution is 2.30. The largest absolute Gasteiger partial charge is 0.487 e. The van der Waals surface area contributed by atoms with Gasteiger partial charge in [0.25, 0.3) is 0 Å². The van der Waals surface area contributed by atoms with Crippen molar-refractivity contribution in [3.05, 3.63) is 131 Å². The Kier molecular flexibility index (Phi) is 11.9. The molecule has 0 unspecified atom stereocenters. The number of hydrogen-bond acceptors (Lipinski definition) is 6. The molecule has 0 aliphatic carbocycles. The molecule has 0 spiro atoms. The first-order valence-corrected chi connectivity index (χ1v) is 16.6. The summed E-state index contributed by atoms with van der Waals surface area (Å²) in [6, 6.07) is 32.7. The quantitative estimate of drug-likeness (QED) is 0.144. The molecule has 2 atom stereocenters. The molecule has 0 aromatic heterocycles. The van der Waals surface area contributed by atoms with Crippen LogP contribution in [0.4, 0.5) is 5.69 Å². The van der Waals surface area contributed by atoms with E-state index in [2.05, 4.69) is 27.5 Å². The number of benzene rings is 4. The zero-order valence-electron chi connectivity index (χ0n) is 25.2. The number of nitrogens with one attached hydrogen (secondary N) is 3. The SMILES string of the molecule is C[C@H](Cc1cccc(CC(=O)NCCc2ccccc2)c1)NC[C@H](O)c1ccc(OCc2ccccc2)c(NS(C)(=O)=O)c1. The van der Waals surface area contributed by atoms with E-state index in [1.54, 1.807) is 18.2 Å². The number of carbonyl (C=O) groups is 1. The highest BCUT2D eigenvalue weighted by Gasteiger charge is 2.16. The van der Waals surface area contributed by atoms with Crippen molar-refractivity contribution in [2.45, 2.75) is 44.9 Å². The van der Waals surface area contributed by atoms with Crippen molar-refractivity contribution in [1.82, 2.24) is 10.6 Å². The fourth-order valence-electron chi connectivity index (χ4n) is 4.86. The van der Waals surface area contributed by atoms with Gasteiger partial charge in [-0.1, -0.05) is 91.0 Å². The Bertz CT molecular complexity index is 1600. The van der Waals surface area contributed by atoms with Crippen molar-refractivity contribution in [3.8, 4) is 5.75 Å². The summed E-state index contributed by atoms with van der Waals surface area (Å²) in [5.74, 6) is 0.370. The normalized spacial score (nSPS) is 12.7. The zero-order chi connectivity index (χ0) is 31.4. The van der Waals surface area contributed by atoms with Crippen molar-refractivity contribution in [2.24, 2.45) is 0 Å². The molecule has 0 fully saturated rings. The van der Waals surface area contributed by atoms with Crippen LogP contribution in [0.2, 0.25) is 0 Å². The van der Waals surface area contributed by atoms with Crippen molar-refractivity contribution in [3.63, 3.8) is 0 Å². The molecule has 4 rings (SSSR count). The first-order valence-electron chi connectivity index (χ1n) is 14.7. The van der Waals surface area contributed by atoms with E-state index in [9.17, 15) is 18.3 Å². The third kappa shape index (κ3) is 11.1. The van der Waals surface area contributed by atoms with Crippen LogP contribution in [0.1, 0.15) is 40.8 Å². The van der Waals surface area contributed by atoms with E-state index in [1.165, 1.54) is 5.56 Å². The van der Waals surface area contributed by atoms with Crippen molar-refractivity contribution in [2.75, 3.05) is 24.1 Å². The van der Waals surface area contributed by atoms with Crippen LogP contribution in [-0.4, -0.2) is 44.8 Å². The summed E-state index contributed by atoms with van der Waals surface area (Å²) >= 11 is 0. The van der Waals surface area contributed by atoms with Gasteiger partial charge in [-0.05, 0) is 59.7 Å². The number of rotatable bonds is 16. The Labute approximate surface area is 260 Å². The zero-order valence-corrected chi connectivity index (χ0v) is 26.0. The molecule has 0 aliphatic heterocycles. The van der Waals surface area contributed by atoms with E-state index >= 15 is 0 Å². The molecule has 232 valence electrons. The van der Waals surface area contributed by atoms with Crippen LogP contribution in [0.25, 0.3) is 0 Å². The molecule has 9 heteroatoms. The van der Waals surface area contributed by atoms with Crippen LogP contribution in [0.15, 0.2) is 103 Å². The fourth-order valence-corrected chi connectivity index (χ4v) is 5.42. The lowest BCUT2D eigenvalue weighted by atomic mass is 10.0. The molecule has 0 bridgehead atoms. The lowest BCUT2D eigenvalue weighted by Crippen LogP contribution is -2.32. The van der Waals surface area contributed by atoms with E-state index in [0.717, 1.165) is 29.4 Å². The van der Waals surface area contributed by atoms with Crippen LogP contribution in [0.3, 0.4) is 0 Å². The minimum Gasteiger partial charge on any atom is -0.487 e. The number of aliphatic hydroxyl groups excluding tert-OH is 1. The van der Waals surface area contributed by atoms with Crippen LogP contribution < -0.4 is 20.1 Å². The van der Waals surface area contributed by atoms with Gasteiger partial charge in [-0.3, -0.25) is 9.52 Å². The number of hydrogen-bond donors (Lipinski definition) is 4. The van der Waals surface area contributed by atoms with Gasteiger partial charge >= 0.3 is 0 Å². The molecule has 0 saturated heterocycles. The summed E-state index contributed by atoms with van der Waals surface area (Å²) in [4.78, 5) is 12.5. The molecule has 4 aromatic rings. The number of amides is 1. The molecule has 0 saturated carbocycles. The molecule has 4 N–H and O–H groups in total. The molecular weight excluding hydrogens is 574 g/mol. The van der Waals surface area contributed by atoms with E-state index in [1.807, 2.05) is 79.7 Å². The Morgan fingerprint density at radius 2 is 1.50 bits per heavy atom. The van der Waals surface area contributed by atoms with E-state index in [4.69, 9.17) is 4.74 Å². The predicted molar refractivity (Wildman–Crippen MR) is 175 cm³/mol. The molecule has 8 nitrogen and oxygen atoms in total. The average Bonchev–Trinajstić information content (AvgIpc) is 2.99. The Balaban J connectivity index is 1.28. The van der Waals surface area contributed by atoms with E-state index in [0.29, 0.717) is 30.7 Å². The van der Waals surface area contributed by atoms with Gasteiger partial charge in [-0.25, -0.2) is 8.42 Å². The van der Waals surface area contributed by atoms with Gasteiger partial charge < -0.3 is 20.5 Å². The molecule has 0 aliphatic rings. The smallest absolute Gasteiger partial charge is 0.229 e. The van der Waals surface area contributed by atoms with Gasteiger partial charge in [0.05, 0.1) is 24.5 Å². The monoisotopic (exact) mass is 615 g/mol. The van der Waals surface area contributed by atoms with E-state index < -0.39 is 16.1 Å². The molecule has 1 amide bonds. The topological polar surface area (TPSA) is 117 Å². The van der Waals surface area contributed by atoms with Crippen LogP contribution in [-0.2, 0) is 40.7 Å². The number of anilines is 1. The standard InChI is InChI=1S/C35H41N3O5S/c1-26(20-29-14-9-15-30(21-29)22-35(40)36-19-18-27-10-5-3-6-11-27)37-24-33(39)31-16-17-34(32(23-31)38-44(2,41)42)43-25-28-12-7-4-8-13-28/h3-17,21,23,26,33,37-39H,18-20,22,24-25H2,1-2H3,(H,36,40)/t26-,33+/m1/s1. The Morgan fingerprint density at radius 1 is 0.841 bits per heavy atom. The van der Waals surface area contributed by atoms with Crippen LogP contribution >= 0.6 is 0 Å². The maximum absolute atomic E-state index is 12.5. The summed E-state index contributed by atoms with van der Waals surface area (Å²) in [5, 5.41) is 17.3.